The van der Waals surface area contributed by atoms with Gasteiger partial charge in [-0.25, -0.2) is 0 Å². The molecule has 1 saturated heterocycles. The minimum Gasteiger partial charge on any atom is -0.381 e. The fraction of sp³-hybridized carbons (Fsp3) is 0.923. The Morgan fingerprint density at radius 1 is 1.44 bits per heavy atom. The van der Waals surface area contributed by atoms with Gasteiger partial charge in [0.25, 0.3) is 0 Å². The van der Waals surface area contributed by atoms with Crippen LogP contribution in [0, 0.1) is 5.92 Å². The van der Waals surface area contributed by atoms with Crippen molar-refractivity contribution in [2.75, 3.05) is 20.3 Å². The first-order chi connectivity index (χ1) is 7.64. The van der Waals surface area contributed by atoms with Crippen LogP contribution in [0.15, 0.2) is 0 Å². The highest BCUT2D eigenvalue weighted by atomic mass is 16.5. The molecule has 0 aromatic rings. The second-order valence-corrected chi connectivity index (χ2v) is 4.83. The summed E-state index contributed by atoms with van der Waals surface area (Å²) in [5.74, 6) is 0.728. The fourth-order valence-electron chi connectivity index (χ4n) is 2.40. The van der Waals surface area contributed by atoms with Crippen LogP contribution in [-0.4, -0.2) is 31.7 Å². The van der Waals surface area contributed by atoms with Crippen molar-refractivity contribution in [2.24, 2.45) is 5.92 Å². The van der Waals surface area contributed by atoms with Crippen LogP contribution in [0.5, 0.6) is 0 Å². The van der Waals surface area contributed by atoms with Crippen molar-refractivity contribution >= 4 is 5.78 Å². The van der Waals surface area contributed by atoms with Gasteiger partial charge in [0, 0.05) is 39.6 Å². The quantitative estimate of drug-likeness (QED) is 0.701. The van der Waals surface area contributed by atoms with Crippen LogP contribution in [0.3, 0.4) is 0 Å². The van der Waals surface area contributed by atoms with E-state index in [1.165, 1.54) is 0 Å². The van der Waals surface area contributed by atoms with Gasteiger partial charge in [0.2, 0.25) is 0 Å². The molecule has 1 aliphatic rings. The Hall–Kier alpha value is -0.410. The van der Waals surface area contributed by atoms with Crippen LogP contribution in [0.2, 0.25) is 0 Å². The predicted molar refractivity (Wildman–Crippen MR) is 63.5 cm³/mol. The minimum atomic E-state index is -0.555. The number of methoxy groups -OCH3 is 1. The van der Waals surface area contributed by atoms with Crippen molar-refractivity contribution in [1.82, 2.24) is 0 Å². The van der Waals surface area contributed by atoms with E-state index in [1.807, 2.05) is 0 Å². The van der Waals surface area contributed by atoms with Crippen molar-refractivity contribution in [3.05, 3.63) is 0 Å². The molecule has 1 aliphatic heterocycles. The first-order valence-corrected chi connectivity index (χ1v) is 6.31. The highest BCUT2D eigenvalue weighted by Gasteiger charge is 2.39. The predicted octanol–water partition coefficient (Wildman–Crippen LogP) is 2.58. The molecule has 1 fully saturated rings. The van der Waals surface area contributed by atoms with Gasteiger partial charge >= 0.3 is 0 Å². The van der Waals surface area contributed by atoms with Crippen LogP contribution in [0.4, 0.5) is 0 Å². The molecular formula is C13H24O3. The van der Waals surface area contributed by atoms with Crippen molar-refractivity contribution in [1.29, 1.82) is 0 Å². The lowest BCUT2D eigenvalue weighted by molar-refractivity contribution is -0.153. The monoisotopic (exact) mass is 228 g/mol. The maximum atomic E-state index is 12.3. The number of ketones is 1. The van der Waals surface area contributed by atoms with Crippen LogP contribution >= 0.6 is 0 Å². The maximum absolute atomic E-state index is 12.3. The van der Waals surface area contributed by atoms with Gasteiger partial charge in [-0.05, 0) is 5.92 Å². The van der Waals surface area contributed by atoms with Crippen molar-refractivity contribution in [3.8, 4) is 0 Å². The van der Waals surface area contributed by atoms with E-state index in [-0.39, 0.29) is 5.78 Å². The zero-order valence-electron chi connectivity index (χ0n) is 10.8. The standard InChI is InChI=1S/C13H24O3/c1-4-5-11(2)10-12(14)13(15-3)6-8-16-9-7-13/h11H,4-10H2,1-3H3. The summed E-state index contributed by atoms with van der Waals surface area (Å²) in [5.41, 5.74) is -0.555. The molecule has 94 valence electrons. The summed E-state index contributed by atoms with van der Waals surface area (Å²) in [7, 11) is 1.65. The first kappa shape index (κ1) is 13.7. The molecule has 1 heterocycles. The molecule has 0 aromatic carbocycles. The molecule has 0 aromatic heterocycles. The molecule has 0 saturated carbocycles. The number of hydrogen-bond donors (Lipinski definition) is 0. The Bertz CT molecular complexity index is 219. The zero-order valence-corrected chi connectivity index (χ0v) is 10.8. The van der Waals surface area contributed by atoms with Gasteiger partial charge in [-0.3, -0.25) is 4.79 Å². The van der Waals surface area contributed by atoms with Crippen LogP contribution in [-0.2, 0) is 14.3 Å². The van der Waals surface area contributed by atoms with Gasteiger partial charge in [-0.1, -0.05) is 26.7 Å². The molecule has 16 heavy (non-hydrogen) atoms. The summed E-state index contributed by atoms with van der Waals surface area (Å²) in [6, 6.07) is 0. The summed E-state index contributed by atoms with van der Waals surface area (Å²) in [6.45, 7) is 5.58. The summed E-state index contributed by atoms with van der Waals surface area (Å²) in [5, 5.41) is 0. The molecule has 0 radical (unpaired) electrons. The second-order valence-electron chi connectivity index (χ2n) is 4.83. The lowest BCUT2D eigenvalue weighted by Crippen LogP contribution is -2.46. The molecule has 0 amide bonds. The Morgan fingerprint density at radius 3 is 2.56 bits per heavy atom. The van der Waals surface area contributed by atoms with E-state index in [0.717, 1.165) is 12.8 Å². The number of carbonyl (C=O) groups is 1. The topological polar surface area (TPSA) is 35.5 Å². The molecule has 0 bridgehead atoms. The maximum Gasteiger partial charge on any atom is 0.165 e. The molecule has 1 rings (SSSR count). The summed E-state index contributed by atoms with van der Waals surface area (Å²) in [6.07, 6.45) is 4.31. The van der Waals surface area contributed by atoms with Crippen LogP contribution in [0.1, 0.15) is 46.0 Å². The molecule has 0 aliphatic carbocycles. The van der Waals surface area contributed by atoms with Crippen molar-refractivity contribution in [3.63, 3.8) is 0 Å². The number of Topliss-reactive ketones (excluding diaryl/α,β-unsaturated/α-hetero) is 1. The lowest BCUT2D eigenvalue weighted by Gasteiger charge is -2.35. The number of ether oxygens (including phenoxy) is 2. The number of rotatable bonds is 6. The third-order valence-electron chi connectivity index (χ3n) is 3.51. The van der Waals surface area contributed by atoms with Gasteiger partial charge in [0.15, 0.2) is 5.78 Å². The Kier molecular flexibility index (Phi) is 5.42. The first-order valence-electron chi connectivity index (χ1n) is 6.31. The van der Waals surface area contributed by atoms with Gasteiger partial charge in [0.05, 0.1) is 0 Å². The summed E-state index contributed by atoms with van der Waals surface area (Å²) in [4.78, 5) is 12.3. The van der Waals surface area contributed by atoms with Gasteiger partial charge < -0.3 is 9.47 Å². The molecule has 1 unspecified atom stereocenters. The average Bonchev–Trinajstić information content (AvgIpc) is 2.30. The highest BCUT2D eigenvalue weighted by molar-refractivity contribution is 5.87. The molecule has 1 atom stereocenters. The molecule has 3 heteroatoms. The smallest absolute Gasteiger partial charge is 0.165 e. The van der Waals surface area contributed by atoms with Crippen molar-refractivity contribution in [2.45, 2.75) is 51.6 Å². The number of carbonyl (C=O) groups excluding carboxylic acids is 1. The molecule has 0 N–H and O–H groups in total. The molecule has 0 spiro atoms. The zero-order chi connectivity index (χ0) is 12.0. The third kappa shape index (κ3) is 3.29. The minimum absolute atomic E-state index is 0.263. The van der Waals surface area contributed by atoms with Gasteiger partial charge in [-0.15, -0.1) is 0 Å². The third-order valence-corrected chi connectivity index (χ3v) is 3.51. The Labute approximate surface area is 98.5 Å². The van der Waals surface area contributed by atoms with Crippen LogP contribution in [0.25, 0.3) is 0 Å². The van der Waals surface area contributed by atoms with Gasteiger partial charge in [-0.2, -0.15) is 0 Å². The lowest BCUT2D eigenvalue weighted by atomic mass is 9.84. The van der Waals surface area contributed by atoms with E-state index in [9.17, 15) is 4.79 Å². The van der Waals surface area contributed by atoms with Crippen molar-refractivity contribution < 1.29 is 14.3 Å². The van der Waals surface area contributed by atoms with E-state index in [1.54, 1.807) is 7.11 Å². The second kappa shape index (κ2) is 6.36. The Morgan fingerprint density at radius 2 is 2.06 bits per heavy atom. The largest absolute Gasteiger partial charge is 0.381 e. The van der Waals surface area contributed by atoms with Gasteiger partial charge in [0.1, 0.15) is 5.60 Å². The van der Waals surface area contributed by atoms with E-state index in [0.29, 0.717) is 38.4 Å². The highest BCUT2D eigenvalue weighted by Crippen LogP contribution is 2.28. The normalized spacial score (nSPS) is 21.7. The van der Waals surface area contributed by atoms with E-state index < -0.39 is 5.60 Å². The van der Waals surface area contributed by atoms with Crippen LogP contribution < -0.4 is 0 Å². The Balaban J connectivity index is 2.54. The average molecular weight is 228 g/mol. The SMILES string of the molecule is CCCC(C)CC(=O)C1(OC)CCOCC1. The van der Waals surface area contributed by atoms with E-state index in [4.69, 9.17) is 9.47 Å². The summed E-state index contributed by atoms with van der Waals surface area (Å²) >= 11 is 0. The molecular weight excluding hydrogens is 204 g/mol. The fourth-order valence-corrected chi connectivity index (χ4v) is 2.40. The molecule has 3 nitrogen and oxygen atoms in total. The van der Waals surface area contributed by atoms with E-state index in [2.05, 4.69) is 13.8 Å². The summed E-state index contributed by atoms with van der Waals surface area (Å²) < 4.78 is 10.8. The van der Waals surface area contributed by atoms with E-state index >= 15 is 0 Å². The number of hydrogen-bond acceptors (Lipinski definition) is 3.